The number of hydrogen-bond acceptors (Lipinski definition) is 4. The highest BCUT2D eigenvalue weighted by Crippen LogP contribution is 2.41. The SMILES string of the molecule is CCNC(c1cnccc1C)C1CCOC2(CCOC2)C1. The Balaban J connectivity index is 1.82. The number of aromatic nitrogens is 1. The minimum Gasteiger partial charge on any atom is -0.378 e. The van der Waals surface area contributed by atoms with Crippen molar-refractivity contribution in [3.63, 3.8) is 0 Å². The van der Waals surface area contributed by atoms with Crippen molar-refractivity contribution in [2.45, 2.75) is 44.8 Å². The van der Waals surface area contributed by atoms with Crippen molar-refractivity contribution in [2.75, 3.05) is 26.4 Å². The number of pyridine rings is 1. The van der Waals surface area contributed by atoms with E-state index in [1.165, 1.54) is 11.1 Å². The minimum absolute atomic E-state index is 0.0350. The molecule has 1 N–H and O–H groups in total. The van der Waals surface area contributed by atoms with Crippen molar-refractivity contribution < 1.29 is 9.47 Å². The van der Waals surface area contributed by atoms with Crippen LogP contribution in [0.1, 0.15) is 43.4 Å². The van der Waals surface area contributed by atoms with Crippen molar-refractivity contribution in [3.8, 4) is 0 Å². The van der Waals surface area contributed by atoms with Gasteiger partial charge in [-0.1, -0.05) is 6.92 Å². The third-order valence-electron chi connectivity index (χ3n) is 4.91. The lowest BCUT2D eigenvalue weighted by atomic mass is 9.78. The molecule has 0 bridgehead atoms. The van der Waals surface area contributed by atoms with E-state index in [1.54, 1.807) is 0 Å². The summed E-state index contributed by atoms with van der Waals surface area (Å²) in [6, 6.07) is 2.47. The summed E-state index contributed by atoms with van der Waals surface area (Å²) in [5, 5.41) is 3.68. The number of ether oxygens (including phenoxy) is 2. The van der Waals surface area contributed by atoms with E-state index in [9.17, 15) is 0 Å². The smallest absolute Gasteiger partial charge is 0.0940 e. The zero-order valence-electron chi connectivity index (χ0n) is 13.1. The Labute approximate surface area is 127 Å². The van der Waals surface area contributed by atoms with Crippen LogP contribution >= 0.6 is 0 Å². The largest absolute Gasteiger partial charge is 0.378 e. The van der Waals surface area contributed by atoms with Crippen LogP contribution in [0, 0.1) is 12.8 Å². The molecule has 2 aliphatic rings. The summed E-state index contributed by atoms with van der Waals surface area (Å²) < 4.78 is 11.7. The van der Waals surface area contributed by atoms with E-state index in [1.807, 2.05) is 12.4 Å². The first-order chi connectivity index (χ1) is 10.2. The Hall–Kier alpha value is -0.970. The maximum atomic E-state index is 6.08. The molecular weight excluding hydrogens is 264 g/mol. The molecule has 4 nitrogen and oxygen atoms in total. The van der Waals surface area contributed by atoms with Gasteiger partial charge in [0.05, 0.1) is 12.2 Å². The fourth-order valence-corrected chi connectivity index (χ4v) is 3.77. The minimum atomic E-state index is -0.0350. The lowest BCUT2D eigenvalue weighted by molar-refractivity contribution is -0.103. The van der Waals surface area contributed by atoms with E-state index in [2.05, 4.69) is 30.2 Å². The second kappa shape index (κ2) is 6.42. The van der Waals surface area contributed by atoms with Crippen molar-refractivity contribution in [2.24, 2.45) is 5.92 Å². The van der Waals surface area contributed by atoms with Crippen LogP contribution in [0.5, 0.6) is 0 Å². The fraction of sp³-hybridized carbons (Fsp3) is 0.706. The molecule has 1 spiro atoms. The fourth-order valence-electron chi connectivity index (χ4n) is 3.77. The maximum absolute atomic E-state index is 6.08. The van der Waals surface area contributed by atoms with Gasteiger partial charge < -0.3 is 14.8 Å². The Kier molecular flexibility index (Phi) is 4.57. The molecule has 116 valence electrons. The van der Waals surface area contributed by atoms with E-state index >= 15 is 0 Å². The molecule has 3 rings (SSSR count). The van der Waals surface area contributed by atoms with Gasteiger partial charge in [0, 0.05) is 38.1 Å². The summed E-state index contributed by atoms with van der Waals surface area (Å²) in [5.41, 5.74) is 2.62. The molecule has 0 radical (unpaired) electrons. The number of rotatable bonds is 4. The molecule has 0 amide bonds. The summed E-state index contributed by atoms with van der Waals surface area (Å²) in [5.74, 6) is 0.586. The number of nitrogens with one attached hydrogen (secondary N) is 1. The van der Waals surface area contributed by atoms with Gasteiger partial charge in [-0.25, -0.2) is 0 Å². The van der Waals surface area contributed by atoms with E-state index in [0.717, 1.165) is 45.6 Å². The molecule has 1 aromatic heterocycles. The summed E-state index contributed by atoms with van der Waals surface area (Å²) in [7, 11) is 0. The van der Waals surface area contributed by atoms with E-state index in [0.29, 0.717) is 12.0 Å². The van der Waals surface area contributed by atoms with Gasteiger partial charge in [0.25, 0.3) is 0 Å². The average molecular weight is 290 g/mol. The number of nitrogens with zero attached hydrogens (tertiary/aromatic N) is 1. The van der Waals surface area contributed by atoms with Crippen LogP contribution in [0.25, 0.3) is 0 Å². The molecule has 3 unspecified atom stereocenters. The van der Waals surface area contributed by atoms with Crippen LogP contribution in [0.15, 0.2) is 18.5 Å². The van der Waals surface area contributed by atoms with Crippen LogP contribution in [-0.2, 0) is 9.47 Å². The van der Waals surface area contributed by atoms with E-state index < -0.39 is 0 Å². The molecule has 0 aliphatic carbocycles. The van der Waals surface area contributed by atoms with Crippen LogP contribution < -0.4 is 5.32 Å². The molecule has 4 heteroatoms. The third-order valence-corrected chi connectivity index (χ3v) is 4.91. The summed E-state index contributed by atoms with van der Waals surface area (Å²) in [6.07, 6.45) is 7.12. The molecule has 21 heavy (non-hydrogen) atoms. The van der Waals surface area contributed by atoms with Crippen molar-refractivity contribution in [1.82, 2.24) is 10.3 Å². The average Bonchev–Trinajstić information content (AvgIpc) is 2.93. The zero-order valence-corrected chi connectivity index (χ0v) is 13.1. The second-order valence-corrected chi connectivity index (χ2v) is 6.35. The third kappa shape index (κ3) is 3.12. The Morgan fingerprint density at radius 1 is 1.48 bits per heavy atom. The highest BCUT2D eigenvalue weighted by atomic mass is 16.6. The highest BCUT2D eigenvalue weighted by Gasteiger charge is 2.43. The van der Waals surface area contributed by atoms with Gasteiger partial charge >= 0.3 is 0 Å². The Bertz CT molecular complexity index is 472. The second-order valence-electron chi connectivity index (χ2n) is 6.35. The number of hydrogen-bond donors (Lipinski definition) is 1. The van der Waals surface area contributed by atoms with Crippen molar-refractivity contribution >= 4 is 0 Å². The molecule has 2 aliphatic heterocycles. The van der Waals surface area contributed by atoms with Crippen molar-refractivity contribution in [3.05, 3.63) is 29.6 Å². The number of aryl methyl sites for hydroxylation is 1. The standard InChI is InChI=1S/C17H26N2O2/c1-3-19-16(15-11-18-7-4-13(15)2)14-5-8-21-17(10-14)6-9-20-12-17/h4,7,11,14,16,19H,3,5-6,8-10,12H2,1-2H3. The van der Waals surface area contributed by atoms with E-state index in [4.69, 9.17) is 9.47 Å². The predicted molar refractivity (Wildman–Crippen MR) is 82.2 cm³/mol. The van der Waals surface area contributed by atoms with Crippen LogP contribution in [0.4, 0.5) is 0 Å². The molecule has 0 saturated carbocycles. The summed E-state index contributed by atoms with van der Waals surface area (Å²) >= 11 is 0. The first kappa shape index (κ1) is 14.9. The lowest BCUT2D eigenvalue weighted by Crippen LogP contribution is -2.44. The predicted octanol–water partition coefficient (Wildman–Crippen LogP) is 2.63. The van der Waals surface area contributed by atoms with Gasteiger partial charge in [-0.15, -0.1) is 0 Å². The molecule has 2 fully saturated rings. The van der Waals surface area contributed by atoms with Gasteiger partial charge in [0.1, 0.15) is 0 Å². The summed E-state index contributed by atoms with van der Waals surface area (Å²) in [6.45, 7) is 7.76. The van der Waals surface area contributed by atoms with Crippen molar-refractivity contribution in [1.29, 1.82) is 0 Å². The van der Waals surface area contributed by atoms with Gasteiger partial charge in [0.2, 0.25) is 0 Å². The molecule has 3 atom stereocenters. The first-order valence-electron chi connectivity index (χ1n) is 8.10. The topological polar surface area (TPSA) is 43.4 Å². The summed E-state index contributed by atoms with van der Waals surface area (Å²) in [4.78, 5) is 4.34. The lowest BCUT2D eigenvalue weighted by Gasteiger charge is -2.41. The van der Waals surface area contributed by atoms with E-state index in [-0.39, 0.29) is 5.60 Å². The normalized spacial score (nSPS) is 30.7. The highest BCUT2D eigenvalue weighted by molar-refractivity contribution is 5.26. The monoisotopic (exact) mass is 290 g/mol. The molecule has 3 heterocycles. The molecule has 1 aromatic rings. The maximum Gasteiger partial charge on any atom is 0.0940 e. The zero-order chi connectivity index (χ0) is 14.7. The quantitative estimate of drug-likeness (QED) is 0.926. The van der Waals surface area contributed by atoms with Crippen LogP contribution in [0.3, 0.4) is 0 Å². The molecule has 2 saturated heterocycles. The van der Waals surface area contributed by atoms with Gasteiger partial charge in [-0.3, -0.25) is 4.98 Å². The van der Waals surface area contributed by atoms with Gasteiger partial charge in [0.15, 0.2) is 0 Å². The Morgan fingerprint density at radius 3 is 3.10 bits per heavy atom. The Morgan fingerprint density at radius 2 is 2.38 bits per heavy atom. The molecular formula is C17H26N2O2. The van der Waals surface area contributed by atoms with Crippen LogP contribution in [0.2, 0.25) is 0 Å². The molecule has 0 aromatic carbocycles. The van der Waals surface area contributed by atoms with Crippen LogP contribution in [-0.4, -0.2) is 37.0 Å². The van der Waals surface area contributed by atoms with Gasteiger partial charge in [-0.05, 0) is 49.4 Å². The van der Waals surface area contributed by atoms with Gasteiger partial charge in [-0.2, -0.15) is 0 Å². The first-order valence-corrected chi connectivity index (χ1v) is 8.10.